The summed E-state index contributed by atoms with van der Waals surface area (Å²) >= 11 is 1.53. The molecule has 1 aromatic carbocycles. The molecule has 1 N–H and O–H groups in total. The largest absolute Gasteiger partial charge is 0.245 e. The Morgan fingerprint density at radius 2 is 1.80 bits per heavy atom. The topological polar surface area (TPSA) is 59.1 Å². The van der Waals surface area contributed by atoms with Crippen molar-refractivity contribution in [3.05, 3.63) is 51.0 Å². The molecule has 0 unspecified atom stereocenters. The summed E-state index contributed by atoms with van der Waals surface area (Å²) in [6.07, 6.45) is 0. The highest BCUT2D eigenvalue weighted by Gasteiger charge is 2.13. The smallest absolute Gasteiger partial charge is 0.216 e. The van der Waals surface area contributed by atoms with Gasteiger partial charge in [0.25, 0.3) is 0 Å². The minimum atomic E-state index is -3.33. The number of benzene rings is 1. The van der Waals surface area contributed by atoms with Gasteiger partial charge in [-0.1, -0.05) is 29.8 Å². The molecule has 2 rings (SSSR count). The van der Waals surface area contributed by atoms with Crippen molar-refractivity contribution in [1.29, 1.82) is 0 Å². The molecule has 0 bridgehead atoms. The third-order valence-electron chi connectivity index (χ3n) is 2.99. The average Bonchev–Trinajstić information content (AvgIpc) is 2.69. The van der Waals surface area contributed by atoms with Gasteiger partial charge in [0, 0.05) is 4.88 Å². The van der Waals surface area contributed by atoms with Gasteiger partial charge in [-0.15, -0.1) is 11.3 Å². The van der Waals surface area contributed by atoms with E-state index < -0.39 is 10.0 Å². The first-order valence-corrected chi connectivity index (χ1v) is 8.78. The van der Waals surface area contributed by atoms with Gasteiger partial charge >= 0.3 is 0 Å². The van der Waals surface area contributed by atoms with Gasteiger partial charge in [0.2, 0.25) is 10.0 Å². The monoisotopic (exact) mass is 310 g/mol. The van der Waals surface area contributed by atoms with Crippen molar-refractivity contribution in [2.75, 3.05) is 0 Å². The third kappa shape index (κ3) is 4.13. The Morgan fingerprint density at radius 1 is 1.15 bits per heavy atom. The summed E-state index contributed by atoms with van der Waals surface area (Å²) < 4.78 is 26.6. The number of nitrogens with one attached hydrogen (secondary N) is 1. The van der Waals surface area contributed by atoms with Crippen LogP contribution in [0, 0.1) is 20.8 Å². The Labute approximate surface area is 123 Å². The predicted molar refractivity (Wildman–Crippen MR) is 82.2 cm³/mol. The standard InChI is InChI=1S/C14H18N2O2S2/c1-10-4-6-13(7-5-10)9-20(17,18)15-8-14-16-11(2)12(3)19-14/h4-7,15H,8-9H2,1-3H3. The first-order chi connectivity index (χ1) is 9.35. The Morgan fingerprint density at radius 3 is 2.35 bits per heavy atom. The van der Waals surface area contributed by atoms with Gasteiger partial charge in [-0.2, -0.15) is 0 Å². The van der Waals surface area contributed by atoms with E-state index in [0.29, 0.717) is 0 Å². The summed E-state index contributed by atoms with van der Waals surface area (Å²) in [4.78, 5) is 5.45. The third-order valence-corrected chi connectivity index (χ3v) is 5.36. The van der Waals surface area contributed by atoms with E-state index in [9.17, 15) is 8.42 Å². The van der Waals surface area contributed by atoms with E-state index in [2.05, 4.69) is 9.71 Å². The highest BCUT2D eigenvalue weighted by molar-refractivity contribution is 7.88. The van der Waals surface area contributed by atoms with Gasteiger partial charge in [-0.3, -0.25) is 0 Å². The van der Waals surface area contributed by atoms with Crippen LogP contribution in [0.25, 0.3) is 0 Å². The second-order valence-corrected chi connectivity index (χ2v) is 7.91. The molecule has 0 fully saturated rings. The lowest BCUT2D eigenvalue weighted by molar-refractivity contribution is 0.580. The van der Waals surface area contributed by atoms with E-state index in [1.165, 1.54) is 11.3 Å². The fourth-order valence-electron chi connectivity index (χ4n) is 1.74. The number of thiazole rings is 1. The van der Waals surface area contributed by atoms with Crippen LogP contribution in [0.5, 0.6) is 0 Å². The summed E-state index contributed by atoms with van der Waals surface area (Å²) in [5, 5.41) is 0.799. The van der Waals surface area contributed by atoms with Gasteiger partial charge in [0.1, 0.15) is 5.01 Å². The number of rotatable bonds is 5. The fraction of sp³-hybridized carbons (Fsp3) is 0.357. The van der Waals surface area contributed by atoms with Crippen LogP contribution in [0.4, 0.5) is 0 Å². The zero-order valence-electron chi connectivity index (χ0n) is 11.8. The Kier molecular flexibility index (Phi) is 4.57. The predicted octanol–water partition coefficient (Wildman–Crippen LogP) is 2.69. The summed E-state index contributed by atoms with van der Waals surface area (Å²) in [5.74, 6) is -0.00335. The highest BCUT2D eigenvalue weighted by atomic mass is 32.2. The summed E-state index contributed by atoms with van der Waals surface area (Å²) in [5.41, 5.74) is 2.87. The number of sulfonamides is 1. The number of aryl methyl sites for hydroxylation is 3. The molecule has 0 spiro atoms. The first kappa shape index (κ1) is 15.2. The van der Waals surface area contributed by atoms with Crippen molar-refractivity contribution >= 4 is 21.4 Å². The molecule has 6 heteroatoms. The normalized spacial score (nSPS) is 11.8. The van der Waals surface area contributed by atoms with Crippen molar-refractivity contribution in [3.63, 3.8) is 0 Å². The maximum absolute atomic E-state index is 12.0. The number of hydrogen-bond donors (Lipinski definition) is 1. The molecule has 0 saturated heterocycles. The number of aromatic nitrogens is 1. The molecule has 1 heterocycles. The quantitative estimate of drug-likeness (QED) is 0.923. The molecule has 0 radical (unpaired) electrons. The molecule has 0 aliphatic heterocycles. The molecule has 1 aromatic heterocycles. The molecular formula is C14H18N2O2S2. The van der Waals surface area contributed by atoms with Gasteiger partial charge < -0.3 is 0 Å². The molecular weight excluding hydrogens is 292 g/mol. The molecule has 2 aromatic rings. The van der Waals surface area contributed by atoms with Crippen LogP contribution in [0.2, 0.25) is 0 Å². The fourth-order valence-corrected chi connectivity index (χ4v) is 3.80. The molecule has 4 nitrogen and oxygen atoms in total. The number of hydrogen-bond acceptors (Lipinski definition) is 4. The van der Waals surface area contributed by atoms with Crippen LogP contribution in [0.15, 0.2) is 24.3 Å². The van der Waals surface area contributed by atoms with Crippen LogP contribution >= 0.6 is 11.3 Å². The lowest BCUT2D eigenvalue weighted by Crippen LogP contribution is -2.24. The molecule has 0 amide bonds. The molecule has 0 saturated carbocycles. The van der Waals surface area contributed by atoms with Crippen LogP contribution in [-0.4, -0.2) is 13.4 Å². The number of nitrogens with zero attached hydrogens (tertiary/aromatic N) is 1. The van der Waals surface area contributed by atoms with Crippen LogP contribution in [0.3, 0.4) is 0 Å². The molecule has 0 aliphatic carbocycles. The van der Waals surface area contributed by atoms with Crippen LogP contribution in [-0.2, 0) is 22.3 Å². The Hall–Kier alpha value is -1.24. The van der Waals surface area contributed by atoms with Crippen molar-refractivity contribution in [2.45, 2.75) is 33.1 Å². The SMILES string of the molecule is Cc1ccc(CS(=O)(=O)NCc2nc(C)c(C)s2)cc1. The van der Waals surface area contributed by atoms with Crippen LogP contribution in [0.1, 0.15) is 26.7 Å². The zero-order chi connectivity index (χ0) is 14.8. The molecule has 0 aliphatic rings. The highest BCUT2D eigenvalue weighted by Crippen LogP contribution is 2.16. The zero-order valence-corrected chi connectivity index (χ0v) is 13.4. The molecule has 0 atom stereocenters. The molecule has 108 valence electrons. The van der Waals surface area contributed by atoms with Gasteiger partial charge in [-0.25, -0.2) is 18.1 Å². The average molecular weight is 310 g/mol. The maximum Gasteiger partial charge on any atom is 0.216 e. The van der Waals surface area contributed by atoms with Crippen molar-refractivity contribution < 1.29 is 8.42 Å². The van der Waals surface area contributed by atoms with Crippen molar-refractivity contribution in [3.8, 4) is 0 Å². The van der Waals surface area contributed by atoms with E-state index in [1.54, 1.807) is 0 Å². The maximum atomic E-state index is 12.0. The summed E-state index contributed by atoms with van der Waals surface area (Å²) in [6, 6.07) is 7.51. The lowest BCUT2D eigenvalue weighted by Gasteiger charge is -2.05. The van der Waals surface area contributed by atoms with E-state index in [-0.39, 0.29) is 12.3 Å². The van der Waals surface area contributed by atoms with E-state index in [0.717, 1.165) is 26.7 Å². The van der Waals surface area contributed by atoms with Crippen molar-refractivity contribution in [1.82, 2.24) is 9.71 Å². The summed E-state index contributed by atoms with van der Waals surface area (Å²) in [6.45, 7) is 6.14. The minimum Gasteiger partial charge on any atom is -0.245 e. The van der Waals surface area contributed by atoms with E-state index >= 15 is 0 Å². The Balaban J connectivity index is 1.99. The van der Waals surface area contributed by atoms with E-state index in [1.807, 2.05) is 45.0 Å². The Bertz CT molecular complexity index is 669. The van der Waals surface area contributed by atoms with Gasteiger partial charge in [0.05, 0.1) is 18.0 Å². The lowest BCUT2D eigenvalue weighted by atomic mass is 10.2. The van der Waals surface area contributed by atoms with Crippen LogP contribution < -0.4 is 4.72 Å². The van der Waals surface area contributed by atoms with E-state index in [4.69, 9.17) is 0 Å². The second kappa shape index (κ2) is 6.03. The van der Waals surface area contributed by atoms with Gasteiger partial charge in [0.15, 0.2) is 0 Å². The minimum absolute atomic E-state index is 0.00335. The molecule has 20 heavy (non-hydrogen) atoms. The van der Waals surface area contributed by atoms with Gasteiger partial charge in [-0.05, 0) is 26.3 Å². The second-order valence-electron chi connectivity index (χ2n) is 4.81. The van der Waals surface area contributed by atoms with Crippen molar-refractivity contribution in [2.24, 2.45) is 0 Å². The first-order valence-electron chi connectivity index (χ1n) is 6.31. The summed E-state index contributed by atoms with van der Waals surface area (Å²) in [7, 11) is -3.33.